The average molecular weight is 277 g/mol. The summed E-state index contributed by atoms with van der Waals surface area (Å²) in [5.41, 5.74) is 4.13. The van der Waals surface area contributed by atoms with Crippen LogP contribution in [0.5, 0.6) is 0 Å². The van der Waals surface area contributed by atoms with Crippen LogP contribution in [-0.4, -0.2) is 26.7 Å². The van der Waals surface area contributed by atoms with E-state index in [1.54, 1.807) is 10.8 Å². The summed E-state index contributed by atoms with van der Waals surface area (Å²) in [6.07, 6.45) is 1.69. The molecule has 0 fully saturated rings. The van der Waals surface area contributed by atoms with Crippen LogP contribution < -0.4 is 0 Å². The van der Waals surface area contributed by atoms with E-state index in [1.807, 2.05) is 54.6 Å². The van der Waals surface area contributed by atoms with Gasteiger partial charge in [-0.1, -0.05) is 54.3 Å². The Morgan fingerprint density at radius 3 is 2.52 bits per heavy atom. The lowest BCUT2D eigenvalue weighted by Crippen LogP contribution is -2.03. The van der Waals surface area contributed by atoms with Crippen LogP contribution in [-0.2, 0) is 0 Å². The molecule has 0 aliphatic rings. The van der Waals surface area contributed by atoms with Gasteiger partial charge in [0.2, 0.25) is 0 Å². The predicted molar refractivity (Wildman–Crippen MR) is 84.4 cm³/mol. The van der Waals surface area contributed by atoms with Crippen molar-refractivity contribution in [3.8, 4) is 0 Å². The second-order valence-corrected chi connectivity index (χ2v) is 4.58. The number of benzene rings is 2. The molecule has 0 unspecified atom stereocenters. The molecule has 0 bridgehead atoms. The van der Waals surface area contributed by atoms with Gasteiger partial charge in [0.05, 0.1) is 17.8 Å². The van der Waals surface area contributed by atoms with Crippen LogP contribution in [0.1, 0.15) is 5.56 Å². The molecule has 1 heterocycles. The number of para-hydroxylation sites is 1. The van der Waals surface area contributed by atoms with E-state index in [0.29, 0.717) is 0 Å². The van der Waals surface area contributed by atoms with Crippen molar-refractivity contribution in [2.75, 3.05) is 6.61 Å². The molecule has 1 N–H and O–H groups in total. The first kappa shape index (κ1) is 13.3. The minimum absolute atomic E-state index is 0.0977. The van der Waals surface area contributed by atoms with Crippen LogP contribution in [0.2, 0.25) is 0 Å². The van der Waals surface area contributed by atoms with Crippen LogP contribution >= 0.6 is 0 Å². The monoisotopic (exact) mass is 277 g/mol. The molecule has 0 saturated heterocycles. The molecule has 4 nitrogen and oxygen atoms in total. The van der Waals surface area contributed by atoms with E-state index in [1.165, 1.54) is 0 Å². The second-order valence-electron chi connectivity index (χ2n) is 4.58. The number of hydrogen-bond donors (Lipinski definition) is 1. The fraction of sp³-hybridized carbons (Fsp3) is 0.0588. The third-order valence-corrected chi connectivity index (χ3v) is 3.36. The fourth-order valence-electron chi connectivity index (χ4n) is 2.34. The second kappa shape index (κ2) is 5.73. The molecule has 0 aliphatic heterocycles. The molecule has 0 spiro atoms. The van der Waals surface area contributed by atoms with Gasteiger partial charge in [-0.25, -0.2) is 4.68 Å². The Morgan fingerprint density at radius 2 is 1.81 bits per heavy atom. The number of fused-ring (bicyclic) bond motifs is 1. The molecule has 1 aromatic heterocycles. The van der Waals surface area contributed by atoms with E-state index in [9.17, 15) is 5.11 Å². The third kappa shape index (κ3) is 2.37. The number of rotatable bonds is 4. The number of nitrogens with zero attached hydrogens (tertiary/aromatic N) is 3. The van der Waals surface area contributed by atoms with E-state index >= 15 is 0 Å². The Morgan fingerprint density at radius 1 is 1.10 bits per heavy atom. The van der Waals surface area contributed by atoms with Gasteiger partial charge in [-0.05, 0) is 23.8 Å². The predicted octanol–water partition coefficient (Wildman–Crippen LogP) is 2.98. The van der Waals surface area contributed by atoms with E-state index < -0.39 is 0 Å². The maximum Gasteiger partial charge on any atom is 0.113 e. The molecule has 3 aromatic rings. The van der Waals surface area contributed by atoms with E-state index in [4.69, 9.17) is 0 Å². The number of aliphatic hydroxyl groups excluding tert-OH is 1. The van der Waals surface area contributed by atoms with Crippen molar-refractivity contribution in [2.24, 2.45) is 0 Å². The van der Waals surface area contributed by atoms with Crippen molar-refractivity contribution in [1.29, 1.82) is 0 Å². The van der Waals surface area contributed by atoms with Crippen molar-refractivity contribution in [2.45, 2.75) is 0 Å². The zero-order valence-electron chi connectivity index (χ0n) is 11.5. The highest BCUT2D eigenvalue weighted by molar-refractivity contribution is 5.91. The van der Waals surface area contributed by atoms with Crippen LogP contribution in [0.3, 0.4) is 0 Å². The normalized spacial score (nSPS) is 12.2. The van der Waals surface area contributed by atoms with Gasteiger partial charge < -0.3 is 5.11 Å². The van der Waals surface area contributed by atoms with Crippen molar-refractivity contribution in [3.05, 3.63) is 72.8 Å². The summed E-state index contributed by atoms with van der Waals surface area (Å²) in [6.45, 7) is 3.76. The third-order valence-electron chi connectivity index (χ3n) is 3.36. The molecular formula is C17H15N3O. The van der Waals surface area contributed by atoms with Gasteiger partial charge >= 0.3 is 0 Å². The van der Waals surface area contributed by atoms with Gasteiger partial charge in [0.1, 0.15) is 5.52 Å². The van der Waals surface area contributed by atoms with Gasteiger partial charge in [0.15, 0.2) is 0 Å². The minimum atomic E-state index is -0.0977. The number of aromatic nitrogens is 3. The Hall–Kier alpha value is -2.72. The minimum Gasteiger partial charge on any atom is -0.392 e. The summed E-state index contributed by atoms with van der Waals surface area (Å²) in [7, 11) is 0. The lowest BCUT2D eigenvalue weighted by molar-refractivity contribution is 0.350. The zero-order valence-corrected chi connectivity index (χ0v) is 11.5. The fourth-order valence-corrected chi connectivity index (χ4v) is 2.34. The van der Waals surface area contributed by atoms with E-state index in [-0.39, 0.29) is 6.61 Å². The number of hydrogen-bond acceptors (Lipinski definition) is 3. The highest BCUT2D eigenvalue weighted by Crippen LogP contribution is 2.24. The molecule has 2 aromatic carbocycles. The SMILES string of the molecule is C=CC(=C(CO)c1ccccc1)n1nnc2ccccc21. The Labute approximate surface area is 122 Å². The molecule has 0 atom stereocenters. The summed E-state index contributed by atoms with van der Waals surface area (Å²) in [5, 5.41) is 18.1. The van der Waals surface area contributed by atoms with E-state index in [0.717, 1.165) is 27.9 Å². The Bertz CT molecular complexity index is 803. The van der Waals surface area contributed by atoms with Crippen molar-refractivity contribution >= 4 is 22.3 Å². The summed E-state index contributed by atoms with van der Waals surface area (Å²) in [6, 6.07) is 17.4. The topological polar surface area (TPSA) is 50.9 Å². The molecule has 0 radical (unpaired) electrons. The molecule has 4 heteroatoms. The summed E-state index contributed by atoms with van der Waals surface area (Å²) < 4.78 is 1.71. The first-order valence-electron chi connectivity index (χ1n) is 6.68. The number of allylic oxidation sites excluding steroid dienone is 2. The van der Waals surface area contributed by atoms with Crippen molar-refractivity contribution in [1.82, 2.24) is 15.0 Å². The summed E-state index contributed by atoms with van der Waals surface area (Å²) in [5.74, 6) is 0. The molecule has 0 saturated carbocycles. The Kier molecular flexibility index (Phi) is 3.62. The largest absolute Gasteiger partial charge is 0.392 e. The molecule has 0 aliphatic carbocycles. The molecule has 21 heavy (non-hydrogen) atoms. The Balaban J connectivity index is 2.25. The molecule has 3 rings (SSSR count). The average Bonchev–Trinajstić information content (AvgIpc) is 2.97. The molecular weight excluding hydrogens is 262 g/mol. The summed E-state index contributed by atoms with van der Waals surface area (Å²) >= 11 is 0. The summed E-state index contributed by atoms with van der Waals surface area (Å²) in [4.78, 5) is 0. The number of aliphatic hydroxyl groups is 1. The maximum atomic E-state index is 9.78. The maximum absolute atomic E-state index is 9.78. The lowest BCUT2D eigenvalue weighted by atomic mass is 10.0. The smallest absolute Gasteiger partial charge is 0.113 e. The van der Waals surface area contributed by atoms with Crippen LogP contribution in [0.4, 0.5) is 0 Å². The molecule has 104 valence electrons. The highest BCUT2D eigenvalue weighted by Gasteiger charge is 2.12. The quantitative estimate of drug-likeness (QED) is 0.746. The molecule has 0 amide bonds. The van der Waals surface area contributed by atoms with Gasteiger partial charge in [-0.15, -0.1) is 5.10 Å². The van der Waals surface area contributed by atoms with Crippen molar-refractivity contribution < 1.29 is 5.11 Å². The van der Waals surface area contributed by atoms with Gasteiger partial charge in [0.25, 0.3) is 0 Å². The van der Waals surface area contributed by atoms with Crippen LogP contribution in [0.25, 0.3) is 22.3 Å². The van der Waals surface area contributed by atoms with Crippen LogP contribution in [0.15, 0.2) is 67.3 Å². The standard InChI is InChI=1S/C17H15N3O/c1-2-16(14(12-21)13-8-4-3-5-9-13)20-17-11-7-6-10-15(17)18-19-20/h2-11,21H,1,12H2. The van der Waals surface area contributed by atoms with Gasteiger partial charge in [0, 0.05) is 5.57 Å². The first-order valence-corrected chi connectivity index (χ1v) is 6.68. The first-order chi connectivity index (χ1) is 10.3. The van der Waals surface area contributed by atoms with Gasteiger partial charge in [-0.3, -0.25) is 0 Å². The van der Waals surface area contributed by atoms with Crippen molar-refractivity contribution in [3.63, 3.8) is 0 Å². The lowest BCUT2D eigenvalue weighted by Gasteiger charge is -2.11. The van der Waals surface area contributed by atoms with Gasteiger partial charge in [-0.2, -0.15) is 0 Å². The van der Waals surface area contributed by atoms with E-state index in [2.05, 4.69) is 16.9 Å². The van der Waals surface area contributed by atoms with Crippen LogP contribution in [0, 0.1) is 0 Å². The highest BCUT2D eigenvalue weighted by atomic mass is 16.3. The zero-order chi connectivity index (χ0) is 14.7.